The Bertz CT molecular complexity index is 398. The van der Waals surface area contributed by atoms with Crippen LogP contribution in [-0.4, -0.2) is 24.2 Å². The van der Waals surface area contributed by atoms with Crippen LogP contribution in [0.3, 0.4) is 0 Å². The van der Waals surface area contributed by atoms with E-state index in [1.807, 2.05) is 0 Å². The van der Waals surface area contributed by atoms with Crippen molar-refractivity contribution < 1.29 is 23.1 Å². The van der Waals surface area contributed by atoms with E-state index in [1.165, 1.54) is 24.3 Å². The van der Waals surface area contributed by atoms with Gasteiger partial charge in [-0.3, -0.25) is 4.79 Å². The third-order valence-electron chi connectivity index (χ3n) is 2.31. The van der Waals surface area contributed by atoms with E-state index < -0.39 is 18.2 Å². The zero-order chi connectivity index (χ0) is 13.2. The number of halogens is 3. The quantitative estimate of drug-likeness (QED) is 0.870. The van der Waals surface area contributed by atoms with Crippen LogP contribution in [0, 0.1) is 0 Å². The van der Waals surface area contributed by atoms with Gasteiger partial charge in [0.2, 0.25) is 0 Å². The summed E-state index contributed by atoms with van der Waals surface area (Å²) in [6.45, 7) is 1.54. The maximum absolute atomic E-state index is 12.2. The first kappa shape index (κ1) is 13.5. The summed E-state index contributed by atoms with van der Waals surface area (Å²) in [5.41, 5.74) is 0.693. The molecule has 0 aliphatic carbocycles. The molecule has 1 unspecified atom stereocenters. The molecule has 1 atom stereocenters. The Labute approximate surface area is 96.5 Å². The number of hydrogen-bond acceptors (Lipinski definition) is 2. The van der Waals surface area contributed by atoms with Gasteiger partial charge >= 0.3 is 12.1 Å². The van der Waals surface area contributed by atoms with Gasteiger partial charge in [0.15, 0.2) is 0 Å². The minimum atomic E-state index is -4.89. The van der Waals surface area contributed by atoms with Crippen molar-refractivity contribution in [1.82, 2.24) is 0 Å². The molecule has 0 aliphatic rings. The van der Waals surface area contributed by atoms with Crippen LogP contribution in [0.2, 0.25) is 0 Å². The number of alkyl halides is 3. The number of rotatable bonds is 2. The van der Waals surface area contributed by atoms with Gasteiger partial charge in [0, 0.05) is 12.7 Å². The van der Waals surface area contributed by atoms with E-state index in [-0.39, 0.29) is 5.69 Å². The lowest BCUT2D eigenvalue weighted by Gasteiger charge is -2.19. The Balaban J connectivity index is 2.91. The average Bonchev–Trinajstić information content (AvgIpc) is 2.26. The van der Waals surface area contributed by atoms with E-state index in [2.05, 4.69) is 0 Å². The molecule has 1 rings (SSSR count). The highest BCUT2D eigenvalue weighted by molar-refractivity contribution is 5.96. The number of anilines is 1. The van der Waals surface area contributed by atoms with E-state index in [4.69, 9.17) is 0 Å². The molecule has 6 heteroatoms. The van der Waals surface area contributed by atoms with Crippen LogP contribution in [0.4, 0.5) is 18.9 Å². The molecule has 1 amide bonds. The number of benzene rings is 1. The van der Waals surface area contributed by atoms with Gasteiger partial charge in [-0.25, -0.2) is 0 Å². The van der Waals surface area contributed by atoms with E-state index in [0.29, 0.717) is 10.5 Å². The molecule has 1 N–H and O–H groups in total. The molecule has 0 aliphatic heterocycles. The van der Waals surface area contributed by atoms with Crippen LogP contribution in [0.15, 0.2) is 24.3 Å². The lowest BCUT2D eigenvalue weighted by atomic mass is 10.1. The van der Waals surface area contributed by atoms with Gasteiger partial charge in [-0.05, 0) is 24.6 Å². The lowest BCUT2D eigenvalue weighted by molar-refractivity contribution is -0.170. The second-order valence-corrected chi connectivity index (χ2v) is 3.63. The summed E-state index contributed by atoms with van der Waals surface area (Å²) in [7, 11) is 1.05. The third-order valence-corrected chi connectivity index (χ3v) is 2.31. The molecule has 0 spiro atoms. The minimum absolute atomic E-state index is 0.122. The summed E-state index contributed by atoms with van der Waals surface area (Å²) in [6.07, 6.45) is -5.59. The van der Waals surface area contributed by atoms with Crippen molar-refractivity contribution in [3.63, 3.8) is 0 Å². The average molecular weight is 247 g/mol. The summed E-state index contributed by atoms with van der Waals surface area (Å²) in [4.78, 5) is 11.5. The summed E-state index contributed by atoms with van der Waals surface area (Å²) >= 11 is 0. The number of carbonyl (C=O) groups excluding carboxylic acids is 1. The van der Waals surface area contributed by atoms with Gasteiger partial charge in [0.25, 0.3) is 0 Å². The van der Waals surface area contributed by atoms with Crippen LogP contribution in [-0.2, 0) is 4.79 Å². The number of carbonyl (C=O) groups is 1. The number of aliphatic hydroxyl groups excluding tert-OH is 1. The first-order valence-electron chi connectivity index (χ1n) is 4.86. The Morgan fingerprint density at radius 1 is 1.29 bits per heavy atom. The first-order valence-corrected chi connectivity index (χ1v) is 4.86. The van der Waals surface area contributed by atoms with Crippen molar-refractivity contribution in [3.05, 3.63) is 29.8 Å². The standard InChI is InChI=1S/C11H12F3NO2/c1-7(16)8-3-5-9(6-4-8)15(2)10(17)11(12,13)14/h3-7,16H,1-2H3. The zero-order valence-corrected chi connectivity index (χ0v) is 9.32. The van der Waals surface area contributed by atoms with Gasteiger partial charge in [0.05, 0.1) is 6.10 Å². The van der Waals surface area contributed by atoms with E-state index in [0.717, 1.165) is 7.05 Å². The highest BCUT2D eigenvalue weighted by atomic mass is 19.4. The van der Waals surface area contributed by atoms with Crippen molar-refractivity contribution in [2.24, 2.45) is 0 Å². The Morgan fingerprint density at radius 2 is 1.76 bits per heavy atom. The normalized spacial score (nSPS) is 13.3. The van der Waals surface area contributed by atoms with Gasteiger partial charge in [-0.15, -0.1) is 0 Å². The van der Waals surface area contributed by atoms with Crippen LogP contribution >= 0.6 is 0 Å². The molecular weight excluding hydrogens is 235 g/mol. The molecule has 1 aromatic rings. The Morgan fingerprint density at radius 3 is 2.12 bits per heavy atom. The molecule has 0 bridgehead atoms. The van der Waals surface area contributed by atoms with Crippen molar-refractivity contribution in [2.45, 2.75) is 19.2 Å². The van der Waals surface area contributed by atoms with Gasteiger partial charge in [-0.2, -0.15) is 13.2 Å². The number of amides is 1. The second kappa shape index (κ2) is 4.75. The van der Waals surface area contributed by atoms with Gasteiger partial charge in [0.1, 0.15) is 0 Å². The molecule has 0 fully saturated rings. The summed E-state index contributed by atoms with van der Waals surface area (Å²) < 4.78 is 36.5. The maximum Gasteiger partial charge on any atom is 0.471 e. The molecule has 17 heavy (non-hydrogen) atoms. The SMILES string of the molecule is CC(O)c1ccc(N(C)C(=O)C(F)(F)F)cc1. The number of hydrogen-bond donors (Lipinski definition) is 1. The number of aliphatic hydroxyl groups is 1. The largest absolute Gasteiger partial charge is 0.471 e. The molecule has 3 nitrogen and oxygen atoms in total. The van der Waals surface area contributed by atoms with Crippen molar-refractivity contribution in [2.75, 3.05) is 11.9 Å². The van der Waals surface area contributed by atoms with Crippen molar-refractivity contribution >= 4 is 11.6 Å². The summed E-state index contributed by atoms with van der Waals surface area (Å²) in [5.74, 6) is -1.93. The zero-order valence-electron chi connectivity index (χ0n) is 9.32. The van der Waals surface area contributed by atoms with E-state index in [9.17, 15) is 23.1 Å². The molecule has 0 radical (unpaired) electrons. The molecule has 0 aromatic heterocycles. The van der Waals surface area contributed by atoms with Crippen LogP contribution < -0.4 is 4.90 Å². The topological polar surface area (TPSA) is 40.5 Å². The molecule has 0 heterocycles. The lowest BCUT2D eigenvalue weighted by Crippen LogP contribution is -2.38. The summed E-state index contributed by atoms with van der Waals surface area (Å²) in [6, 6.07) is 5.65. The predicted molar refractivity (Wildman–Crippen MR) is 56.5 cm³/mol. The molecule has 1 aromatic carbocycles. The van der Waals surface area contributed by atoms with Crippen LogP contribution in [0.5, 0.6) is 0 Å². The Hall–Kier alpha value is -1.56. The van der Waals surface area contributed by atoms with Crippen molar-refractivity contribution in [1.29, 1.82) is 0 Å². The molecule has 0 saturated carbocycles. The second-order valence-electron chi connectivity index (χ2n) is 3.63. The maximum atomic E-state index is 12.2. The van der Waals surface area contributed by atoms with E-state index in [1.54, 1.807) is 6.92 Å². The predicted octanol–water partition coefficient (Wildman–Crippen LogP) is 2.27. The fourth-order valence-corrected chi connectivity index (χ4v) is 1.28. The smallest absolute Gasteiger partial charge is 0.389 e. The minimum Gasteiger partial charge on any atom is -0.389 e. The fourth-order valence-electron chi connectivity index (χ4n) is 1.28. The molecular formula is C11H12F3NO2. The summed E-state index contributed by atoms with van der Waals surface area (Å²) in [5, 5.41) is 9.23. The van der Waals surface area contributed by atoms with Crippen LogP contribution in [0.25, 0.3) is 0 Å². The van der Waals surface area contributed by atoms with E-state index >= 15 is 0 Å². The first-order chi connectivity index (χ1) is 7.73. The highest BCUT2D eigenvalue weighted by Gasteiger charge is 2.41. The Kier molecular flexibility index (Phi) is 3.77. The van der Waals surface area contributed by atoms with Crippen LogP contribution in [0.1, 0.15) is 18.6 Å². The van der Waals surface area contributed by atoms with Gasteiger partial charge < -0.3 is 10.0 Å². The molecule has 94 valence electrons. The number of nitrogens with zero attached hydrogens (tertiary/aromatic N) is 1. The monoisotopic (exact) mass is 247 g/mol. The molecule has 0 saturated heterocycles. The van der Waals surface area contributed by atoms with Crippen molar-refractivity contribution in [3.8, 4) is 0 Å². The third kappa shape index (κ3) is 3.20. The fraction of sp³-hybridized carbons (Fsp3) is 0.364. The highest BCUT2D eigenvalue weighted by Crippen LogP contribution is 2.23. The van der Waals surface area contributed by atoms with Gasteiger partial charge in [-0.1, -0.05) is 12.1 Å².